The summed E-state index contributed by atoms with van der Waals surface area (Å²) in [5.41, 5.74) is 3.34. The van der Waals surface area contributed by atoms with Crippen molar-refractivity contribution in [3.8, 4) is 11.4 Å². The molecule has 1 aliphatic heterocycles. The molecule has 1 saturated heterocycles. The van der Waals surface area contributed by atoms with Crippen LogP contribution in [0.25, 0.3) is 11.4 Å². The third kappa shape index (κ3) is 5.44. The van der Waals surface area contributed by atoms with Crippen molar-refractivity contribution in [3.05, 3.63) is 71.9 Å². The molecule has 0 bridgehead atoms. The predicted molar refractivity (Wildman–Crippen MR) is 127 cm³/mol. The topological polar surface area (TPSA) is 58.1 Å². The minimum Gasteiger partial charge on any atom is -0.356 e. The standard InChI is InChI=1S/C25H28N4OS/c1-18-5-9-20(10-6-18)24-26-14-13-23(28-24)29-15-3-4-21(17-29)25(30)27-16-19-7-11-22(31-2)12-8-19/h5-14,21H,3-4,15-17H2,1-2H3,(H,27,30)/t21-/m1/s1. The number of hydrogen-bond donors (Lipinski definition) is 1. The summed E-state index contributed by atoms with van der Waals surface area (Å²) in [6, 6.07) is 18.5. The van der Waals surface area contributed by atoms with Crippen molar-refractivity contribution in [1.29, 1.82) is 0 Å². The van der Waals surface area contributed by atoms with E-state index < -0.39 is 0 Å². The normalized spacial score (nSPS) is 16.2. The van der Waals surface area contributed by atoms with E-state index in [1.54, 1.807) is 18.0 Å². The number of rotatable bonds is 6. The van der Waals surface area contributed by atoms with Gasteiger partial charge in [0.05, 0.1) is 5.92 Å². The van der Waals surface area contributed by atoms with Gasteiger partial charge in [-0.05, 0) is 49.8 Å². The van der Waals surface area contributed by atoms with Gasteiger partial charge in [0.2, 0.25) is 5.91 Å². The molecule has 1 aromatic heterocycles. The van der Waals surface area contributed by atoms with Gasteiger partial charge in [-0.1, -0.05) is 42.0 Å². The molecule has 1 fully saturated rings. The van der Waals surface area contributed by atoms with Gasteiger partial charge in [0.15, 0.2) is 5.82 Å². The molecule has 1 amide bonds. The van der Waals surface area contributed by atoms with Gasteiger partial charge in [0.25, 0.3) is 0 Å². The van der Waals surface area contributed by atoms with Crippen LogP contribution in [0.1, 0.15) is 24.0 Å². The van der Waals surface area contributed by atoms with Crippen molar-refractivity contribution in [2.75, 3.05) is 24.2 Å². The maximum Gasteiger partial charge on any atom is 0.225 e. The van der Waals surface area contributed by atoms with E-state index in [-0.39, 0.29) is 11.8 Å². The highest BCUT2D eigenvalue weighted by Gasteiger charge is 2.26. The fourth-order valence-electron chi connectivity index (χ4n) is 3.84. The largest absolute Gasteiger partial charge is 0.356 e. The summed E-state index contributed by atoms with van der Waals surface area (Å²) in [5.74, 6) is 1.69. The van der Waals surface area contributed by atoms with E-state index in [1.165, 1.54) is 10.5 Å². The number of aromatic nitrogens is 2. The van der Waals surface area contributed by atoms with E-state index in [1.807, 2.05) is 18.2 Å². The Kier molecular flexibility index (Phi) is 6.87. The number of benzene rings is 2. The van der Waals surface area contributed by atoms with Gasteiger partial charge in [-0.25, -0.2) is 9.97 Å². The van der Waals surface area contributed by atoms with Crippen molar-refractivity contribution in [1.82, 2.24) is 15.3 Å². The van der Waals surface area contributed by atoms with Gasteiger partial charge in [0.1, 0.15) is 5.82 Å². The number of nitrogens with zero attached hydrogens (tertiary/aromatic N) is 3. The number of anilines is 1. The molecule has 3 aromatic rings. The lowest BCUT2D eigenvalue weighted by Crippen LogP contribution is -2.43. The second kappa shape index (κ2) is 9.96. The zero-order valence-corrected chi connectivity index (χ0v) is 18.9. The molecule has 1 atom stereocenters. The van der Waals surface area contributed by atoms with Crippen LogP contribution >= 0.6 is 11.8 Å². The number of aryl methyl sites for hydroxylation is 1. The Labute approximate surface area is 188 Å². The molecule has 1 aliphatic rings. The summed E-state index contributed by atoms with van der Waals surface area (Å²) < 4.78 is 0. The Balaban J connectivity index is 1.39. The fraction of sp³-hybridized carbons (Fsp3) is 0.320. The summed E-state index contributed by atoms with van der Waals surface area (Å²) >= 11 is 1.72. The highest BCUT2D eigenvalue weighted by Crippen LogP contribution is 2.24. The molecule has 1 N–H and O–H groups in total. The number of amides is 1. The first-order chi connectivity index (χ1) is 15.1. The summed E-state index contributed by atoms with van der Waals surface area (Å²) in [6.07, 6.45) is 5.75. The van der Waals surface area contributed by atoms with Crippen LogP contribution in [0, 0.1) is 12.8 Å². The van der Waals surface area contributed by atoms with Crippen LogP contribution < -0.4 is 10.2 Å². The van der Waals surface area contributed by atoms with E-state index in [9.17, 15) is 4.79 Å². The predicted octanol–water partition coefficient (Wildman–Crippen LogP) is 4.71. The Morgan fingerprint density at radius 1 is 1.13 bits per heavy atom. The lowest BCUT2D eigenvalue weighted by Gasteiger charge is -2.33. The average molecular weight is 433 g/mol. The molecule has 5 nitrogen and oxygen atoms in total. The highest BCUT2D eigenvalue weighted by atomic mass is 32.2. The zero-order chi connectivity index (χ0) is 21.6. The highest BCUT2D eigenvalue weighted by molar-refractivity contribution is 7.98. The molecule has 0 radical (unpaired) electrons. The van der Waals surface area contributed by atoms with Crippen LogP contribution in [0.3, 0.4) is 0 Å². The molecular weight excluding hydrogens is 404 g/mol. The van der Waals surface area contributed by atoms with E-state index in [4.69, 9.17) is 4.98 Å². The van der Waals surface area contributed by atoms with E-state index in [0.29, 0.717) is 13.1 Å². The monoisotopic (exact) mass is 432 g/mol. The van der Waals surface area contributed by atoms with Crippen molar-refractivity contribution in [3.63, 3.8) is 0 Å². The molecule has 0 aliphatic carbocycles. The smallest absolute Gasteiger partial charge is 0.225 e. The van der Waals surface area contributed by atoms with E-state index >= 15 is 0 Å². The Morgan fingerprint density at radius 3 is 2.65 bits per heavy atom. The number of nitrogens with one attached hydrogen (secondary N) is 1. The van der Waals surface area contributed by atoms with Crippen LogP contribution in [-0.4, -0.2) is 35.2 Å². The van der Waals surface area contributed by atoms with Gasteiger partial charge in [-0.2, -0.15) is 0 Å². The fourth-order valence-corrected chi connectivity index (χ4v) is 4.25. The van der Waals surface area contributed by atoms with Crippen LogP contribution in [0.5, 0.6) is 0 Å². The Hall–Kier alpha value is -2.86. The lowest BCUT2D eigenvalue weighted by atomic mass is 9.97. The third-order valence-electron chi connectivity index (χ3n) is 5.69. The summed E-state index contributed by atoms with van der Waals surface area (Å²) in [5, 5.41) is 3.12. The zero-order valence-electron chi connectivity index (χ0n) is 18.0. The maximum atomic E-state index is 12.8. The molecule has 0 saturated carbocycles. The molecule has 2 heterocycles. The van der Waals surface area contributed by atoms with Crippen molar-refractivity contribution < 1.29 is 4.79 Å². The van der Waals surface area contributed by atoms with Gasteiger partial charge < -0.3 is 10.2 Å². The summed E-state index contributed by atoms with van der Waals surface area (Å²) in [6.45, 7) is 4.22. The Bertz CT molecular complexity index is 1020. The van der Waals surface area contributed by atoms with Crippen LogP contribution in [0.15, 0.2) is 65.7 Å². The summed E-state index contributed by atoms with van der Waals surface area (Å²) in [7, 11) is 0. The minimum atomic E-state index is -0.0305. The number of thioether (sulfide) groups is 1. The van der Waals surface area contributed by atoms with Crippen molar-refractivity contribution in [2.24, 2.45) is 5.92 Å². The molecule has 160 valence electrons. The van der Waals surface area contributed by atoms with Gasteiger partial charge in [-0.15, -0.1) is 11.8 Å². The number of carbonyl (C=O) groups is 1. The minimum absolute atomic E-state index is 0.0305. The second-order valence-corrected chi connectivity index (χ2v) is 8.84. The van der Waals surface area contributed by atoms with E-state index in [0.717, 1.165) is 42.2 Å². The van der Waals surface area contributed by atoms with Crippen LogP contribution in [-0.2, 0) is 11.3 Å². The number of carbonyl (C=O) groups excluding carboxylic acids is 1. The first-order valence-electron chi connectivity index (χ1n) is 10.7. The van der Waals surface area contributed by atoms with E-state index in [2.05, 4.69) is 64.8 Å². The van der Waals surface area contributed by atoms with Gasteiger partial charge in [-0.3, -0.25) is 4.79 Å². The first-order valence-corrected chi connectivity index (χ1v) is 11.9. The lowest BCUT2D eigenvalue weighted by molar-refractivity contribution is -0.125. The quantitative estimate of drug-likeness (QED) is 0.572. The average Bonchev–Trinajstić information content (AvgIpc) is 2.83. The molecule has 2 aromatic carbocycles. The summed E-state index contributed by atoms with van der Waals surface area (Å²) in [4.78, 5) is 25.5. The third-order valence-corrected chi connectivity index (χ3v) is 6.44. The Morgan fingerprint density at radius 2 is 1.90 bits per heavy atom. The van der Waals surface area contributed by atoms with Crippen molar-refractivity contribution >= 4 is 23.5 Å². The van der Waals surface area contributed by atoms with Crippen LogP contribution in [0.4, 0.5) is 5.82 Å². The molecule has 0 spiro atoms. The molecule has 31 heavy (non-hydrogen) atoms. The van der Waals surface area contributed by atoms with Crippen LogP contribution in [0.2, 0.25) is 0 Å². The molecule has 6 heteroatoms. The number of hydrogen-bond acceptors (Lipinski definition) is 5. The SMILES string of the molecule is CSc1ccc(CNC(=O)[C@@H]2CCCN(c3ccnc(-c4ccc(C)cc4)n3)C2)cc1. The van der Waals surface area contributed by atoms with Crippen molar-refractivity contribution in [2.45, 2.75) is 31.2 Å². The van der Waals surface area contributed by atoms with Gasteiger partial charge in [0, 0.05) is 36.3 Å². The molecular formula is C25H28N4OS. The molecule has 0 unspecified atom stereocenters. The second-order valence-electron chi connectivity index (χ2n) is 7.96. The maximum absolute atomic E-state index is 12.8. The van der Waals surface area contributed by atoms with Gasteiger partial charge >= 0.3 is 0 Å². The first kappa shape index (κ1) is 21.4. The number of piperidine rings is 1. The molecule has 4 rings (SSSR count).